The molecule has 23 heavy (non-hydrogen) atoms. The zero-order valence-electron chi connectivity index (χ0n) is 12.2. The average molecular weight is 359 g/mol. The molecule has 1 aliphatic carbocycles. The van der Waals surface area contributed by atoms with Gasteiger partial charge in [0, 0.05) is 17.1 Å². The second kappa shape index (κ2) is 5.91. The minimum Gasteiger partial charge on any atom is -0.365 e. The number of aryl methyl sites for hydroxylation is 1. The van der Waals surface area contributed by atoms with Crippen molar-refractivity contribution in [2.24, 2.45) is 0 Å². The van der Waals surface area contributed by atoms with Crippen LogP contribution in [0.4, 0.5) is 19.0 Å². The third-order valence-corrected chi connectivity index (χ3v) is 4.73. The quantitative estimate of drug-likeness (QED) is 0.744. The lowest BCUT2D eigenvalue weighted by Gasteiger charge is -2.15. The van der Waals surface area contributed by atoms with Crippen molar-refractivity contribution >= 4 is 30.0 Å². The molecule has 0 saturated carbocycles. The van der Waals surface area contributed by atoms with E-state index in [-0.39, 0.29) is 16.9 Å². The summed E-state index contributed by atoms with van der Waals surface area (Å²) in [7, 11) is 0. The van der Waals surface area contributed by atoms with E-state index in [0.29, 0.717) is 0 Å². The smallest absolute Gasteiger partial charge is 0.365 e. The predicted octanol–water partition coefficient (Wildman–Crippen LogP) is 4.93. The Kier molecular flexibility index (Phi) is 4.23. The van der Waals surface area contributed by atoms with E-state index in [0.717, 1.165) is 35.6 Å². The van der Waals surface area contributed by atoms with Gasteiger partial charge in [-0.3, -0.25) is 0 Å². The zero-order valence-corrected chi connectivity index (χ0v) is 13.9. The molecule has 2 aromatic rings. The van der Waals surface area contributed by atoms with Crippen molar-refractivity contribution in [2.45, 2.75) is 36.9 Å². The first kappa shape index (κ1) is 16.5. The molecular weight excluding hydrogens is 345 g/mol. The number of nitrogens with one attached hydrogen (secondary N) is 1. The third kappa shape index (κ3) is 3.43. The molecule has 0 saturated heterocycles. The van der Waals surface area contributed by atoms with Gasteiger partial charge in [0.15, 0.2) is 0 Å². The van der Waals surface area contributed by atoms with Crippen LogP contribution >= 0.6 is 24.2 Å². The largest absolute Gasteiger partial charge is 0.417 e. The minimum atomic E-state index is -4.45. The summed E-state index contributed by atoms with van der Waals surface area (Å²) in [5, 5.41) is 3.11. The molecule has 122 valence electrons. The highest BCUT2D eigenvalue weighted by atomic mass is 35.5. The van der Waals surface area contributed by atoms with Crippen molar-refractivity contribution in [3.63, 3.8) is 0 Å². The molecule has 1 N–H and O–H groups in total. The number of anilines is 1. The number of hydrogen-bond donors (Lipinski definition) is 2. The number of pyridine rings is 1. The van der Waals surface area contributed by atoms with Gasteiger partial charge in [-0.2, -0.15) is 13.2 Å². The lowest BCUT2D eigenvalue weighted by Crippen LogP contribution is -2.20. The molecule has 1 aliphatic rings. The SMILES string of the molecule is Cc1cc2c(cc1S)CC(Nc1ncc(C(F)(F)F)cc1Cl)C2. The van der Waals surface area contributed by atoms with Crippen LogP contribution in [0.25, 0.3) is 0 Å². The summed E-state index contributed by atoms with van der Waals surface area (Å²) in [6.45, 7) is 2.00. The number of benzene rings is 1. The van der Waals surface area contributed by atoms with Gasteiger partial charge in [-0.05, 0) is 48.6 Å². The molecule has 3 rings (SSSR count). The van der Waals surface area contributed by atoms with E-state index >= 15 is 0 Å². The molecule has 1 aromatic heterocycles. The second-order valence-electron chi connectivity index (χ2n) is 5.71. The molecule has 1 heterocycles. The van der Waals surface area contributed by atoms with E-state index in [1.165, 1.54) is 11.1 Å². The van der Waals surface area contributed by atoms with E-state index in [1.54, 1.807) is 0 Å². The van der Waals surface area contributed by atoms with Crippen molar-refractivity contribution < 1.29 is 13.2 Å². The van der Waals surface area contributed by atoms with Crippen LogP contribution in [0.1, 0.15) is 22.3 Å². The Labute approximate surface area is 142 Å². The van der Waals surface area contributed by atoms with Gasteiger partial charge in [-0.1, -0.05) is 17.7 Å². The van der Waals surface area contributed by atoms with Gasteiger partial charge in [0.25, 0.3) is 0 Å². The van der Waals surface area contributed by atoms with Crippen LogP contribution < -0.4 is 5.32 Å². The van der Waals surface area contributed by atoms with E-state index < -0.39 is 11.7 Å². The first-order chi connectivity index (χ1) is 10.7. The number of rotatable bonds is 2. The van der Waals surface area contributed by atoms with Crippen molar-refractivity contribution in [3.05, 3.63) is 51.7 Å². The van der Waals surface area contributed by atoms with Crippen LogP contribution in [0.2, 0.25) is 5.02 Å². The van der Waals surface area contributed by atoms with Crippen molar-refractivity contribution in [1.29, 1.82) is 0 Å². The van der Waals surface area contributed by atoms with Crippen molar-refractivity contribution in [3.8, 4) is 0 Å². The van der Waals surface area contributed by atoms with E-state index in [9.17, 15) is 13.2 Å². The molecular formula is C16H14ClF3N2S. The highest BCUT2D eigenvalue weighted by molar-refractivity contribution is 7.80. The lowest BCUT2D eigenvalue weighted by molar-refractivity contribution is -0.137. The van der Waals surface area contributed by atoms with Crippen molar-refractivity contribution in [1.82, 2.24) is 4.98 Å². The summed E-state index contributed by atoms with van der Waals surface area (Å²) in [5.74, 6) is 0.278. The summed E-state index contributed by atoms with van der Waals surface area (Å²) < 4.78 is 37.9. The van der Waals surface area contributed by atoms with Crippen LogP contribution in [-0.4, -0.2) is 11.0 Å². The Hall–Kier alpha value is -1.40. The molecule has 1 aromatic carbocycles. The molecule has 1 unspecified atom stereocenters. The van der Waals surface area contributed by atoms with E-state index in [4.69, 9.17) is 11.6 Å². The fourth-order valence-corrected chi connectivity index (χ4v) is 3.22. The molecule has 0 fully saturated rings. The van der Waals surface area contributed by atoms with Crippen LogP contribution in [0.15, 0.2) is 29.3 Å². The number of hydrogen-bond acceptors (Lipinski definition) is 3. The van der Waals surface area contributed by atoms with Crippen LogP contribution in [0, 0.1) is 6.92 Å². The summed E-state index contributed by atoms with van der Waals surface area (Å²) in [5.41, 5.74) is 2.68. The fraction of sp³-hybridized carbons (Fsp3) is 0.312. The normalized spacial score (nSPS) is 17.2. The molecule has 1 atom stereocenters. The molecule has 0 amide bonds. The zero-order chi connectivity index (χ0) is 16.8. The van der Waals surface area contributed by atoms with Gasteiger partial charge < -0.3 is 5.32 Å². The standard InChI is InChI=1S/C16H14ClF3N2S/c1-8-2-9-3-12(4-10(9)5-14(8)23)22-15-13(17)6-11(7-21-15)16(18,19)20/h2,5-7,12,23H,3-4H2,1H3,(H,21,22). The highest BCUT2D eigenvalue weighted by Gasteiger charge is 2.32. The van der Waals surface area contributed by atoms with Crippen LogP contribution in [0.3, 0.4) is 0 Å². The maximum Gasteiger partial charge on any atom is 0.417 e. The molecule has 0 spiro atoms. The minimum absolute atomic E-state index is 0.0261. The van der Waals surface area contributed by atoms with Gasteiger partial charge >= 0.3 is 6.18 Å². The Bertz CT molecular complexity index is 731. The second-order valence-corrected chi connectivity index (χ2v) is 6.60. The Balaban J connectivity index is 1.77. The maximum atomic E-state index is 12.6. The van der Waals surface area contributed by atoms with Crippen molar-refractivity contribution in [2.75, 3.05) is 5.32 Å². The van der Waals surface area contributed by atoms with Gasteiger partial charge in [0.05, 0.1) is 10.6 Å². The van der Waals surface area contributed by atoms with E-state index in [1.807, 2.05) is 13.0 Å². The van der Waals surface area contributed by atoms with Crippen LogP contribution in [-0.2, 0) is 19.0 Å². The molecule has 2 nitrogen and oxygen atoms in total. The topological polar surface area (TPSA) is 24.9 Å². The van der Waals surface area contributed by atoms with Gasteiger partial charge in [-0.25, -0.2) is 4.98 Å². The van der Waals surface area contributed by atoms with Gasteiger partial charge in [-0.15, -0.1) is 12.6 Å². The lowest BCUT2D eigenvalue weighted by atomic mass is 10.1. The fourth-order valence-electron chi connectivity index (χ4n) is 2.78. The van der Waals surface area contributed by atoms with Gasteiger partial charge in [0.2, 0.25) is 0 Å². The maximum absolute atomic E-state index is 12.6. The monoisotopic (exact) mass is 358 g/mol. The Morgan fingerprint density at radius 2 is 1.87 bits per heavy atom. The first-order valence-corrected chi connectivity index (χ1v) is 7.87. The number of halogens is 4. The third-order valence-electron chi connectivity index (χ3n) is 3.96. The summed E-state index contributed by atoms with van der Waals surface area (Å²) in [6.07, 6.45) is -2.10. The van der Waals surface area contributed by atoms with E-state index in [2.05, 4.69) is 29.0 Å². The van der Waals surface area contributed by atoms with Crippen LogP contribution in [0.5, 0.6) is 0 Å². The molecule has 7 heteroatoms. The molecule has 0 bridgehead atoms. The predicted molar refractivity (Wildman–Crippen MR) is 87.5 cm³/mol. The van der Waals surface area contributed by atoms with Gasteiger partial charge in [0.1, 0.15) is 5.82 Å². The first-order valence-electron chi connectivity index (χ1n) is 7.04. The number of aromatic nitrogens is 1. The Morgan fingerprint density at radius 1 is 1.22 bits per heavy atom. The number of thiol groups is 1. The number of alkyl halides is 3. The highest BCUT2D eigenvalue weighted by Crippen LogP contribution is 2.34. The Morgan fingerprint density at radius 3 is 2.48 bits per heavy atom. The number of fused-ring (bicyclic) bond motifs is 1. The molecule has 0 aliphatic heterocycles. The number of nitrogens with zero attached hydrogens (tertiary/aromatic N) is 1. The average Bonchev–Trinajstić information content (AvgIpc) is 2.82. The molecule has 0 radical (unpaired) electrons. The summed E-state index contributed by atoms with van der Waals surface area (Å²) >= 11 is 10.4. The summed E-state index contributed by atoms with van der Waals surface area (Å²) in [6, 6.07) is 5.09. The summed E-state index contributed by atoms with van der Waals surface area (Å²) in [4.78, 5) is 4.77.